The molecule has 1 atom stereocenters. The maximum atomic E-state index is 12.0. The summed E-state index contributed by atoms with van der Waals surface area (Å²) in [5, 5.41) is 9.04. The van der Waals surface area contributed by atoms with Gasteiger partial charge in [-0.3, -0.25) is 4.79 Å². The Morgan fingerprint density at radius 2 is 1.81 bits per heavy atom. The Labute approximate surface area is 119 Å². The quantitative estimate of drug-likeness (QED) is 0.804. The molecular weight excluding hydrogens is 311 g/mol. The summed E-state index contributed by atoms with van der Waals surface area (Å²) in [6.45, 7) is 0. The van der Waals surface area contributed by atoms with Crippen LogP contribution in [0.4, 0.5) is 13.2 Å². The molecule has 0 spiro atoms. The second-order valence-corrected chi connectivity index (χ2v) is 6.21. The molecule has 0 amide bonds. The number of alkyl halides is 3. The van der Waals surface area contributed by atoms with Gasteiger partial charge in [0, 0.05) is 6.42 Å². The molecule has 0 aromatic heterocycles. The minimum absolute atomic E-state index is 0.199. The lowest BCUT2D eigenvalue weighted by Gasteiger charge is -2.15. The maximum Gasteiger partial charge on any atom is 0.389 e. The Balaban J connectivity index is 2.73. The number of carbonyl (C=O) groups is 1. The van der Waals surface area contributed by atoms with Crippen LogP contribution < -0.4 is 4.72 Å². The van der Waals surface area contributed by atoms with Crippen molar-refractivity contribution in [3.8, 4) is 0 Å². The van der Waals surface area contributed by atoms with Gasteiger partial charge < -0.3 is 5.11 Å². The highest BCUT2D eigenvalue weighted by Gasteiger charge is 2.29. The van der Waals surface area contributed by atoms with E-state index in [2.05, 4.69) is 0 Å². The monoisotopic (exact) mass is 325 g/mol. The zero-order chi connectivity index (χ0) is 16.1. The van der Waals surface area contributed by atoms with E-state index in [9.17, 15) is 26.4 Å². The number of hydrogen-bond donors (Lipinski definition) is 2. The van der Waals surface area contributed by atoms with Crippen molar-refractivity contribution in [1.29, 1.82) is 0 Å². The Hall–Kier alpha value is -1.61. The van der Waals surface area contributed by atoms with E-state index < -0.39 is 46.8 Å². The molecule has 2 N–H and O–H groups in total. The van der Waals surface area contributed by atoms with Gasteiger partial charge in [0.25, 0.3) is 0 Å². The number of sulfonamides is 1. The van der Waals surface area contributed by atoms with Crippen molar-refractivity contribution in [2.24, 2.45) is 0 Å². The molecule has 0 saturated carbocycles. The standard InChI is InChI=1S/C12H14F3NO4S/c13-12(14,15)7-4-8-21(19,20)16-10(11(17)18)9-5-2-1-3-6-9/h1-3,5-6,10,16H,4,7-8H2,(H,17,18)/t10-/m0/s1. The highest BCUT2D eigenvalue weighted by Crippen LogP contribution is 2.22. The van der Waals surface area contributed by atoms with Gasteiger partial charge in [-0.25, -0.2) is 8.42 Å². The van der Waals surface area contributed by atoms with Crippen LogP contribution in [0.15, 0.2) is 30.3 Å². The molecule has 9 heteroatoms. The van der Waals surface area contributed by atoms with Crippen molar-refractivity contribution < 1.29 is 31.5 Å². The molecule has 1 aromatic carbocycles. The van der Waals surface area contributed by atoms with Crippen molar-refractivity contribution in [2.75, 3.05) is 5.75 Å². The summed E-state index contributed by atoms with van der Waals surface area (Å²) in [5.41, 5.74) is 0.199. The van der Waals surface area contributed by atoms with E-state index >= 15 is 0 Å². The van der Waals surface area contributed by atoms with Gasteiger partial charge in [0.1, 0.15) is 6.04 Å². The third-order valence-electron chi connectivity index (χ3n) is 2.55. The predicted molar refractivity (Wildman–Crippen MR) is 69.0 cm³/mol. The molecule has 0 unspecified atom stereocenters. The summed E-state index contributed by atoms with van der Waals surface area (Å²) < 4.78 is 61.2. The Morgan fingerprint density at radius 1 is 1.24 bits per heavy atom. The average molecular weight is 325 g/mol. The van der Waals surface area contributed by atoms with Gasteiger partial charge in [-0.15, -0.1) is 0 Å². The van der Waals surface area contributed by atoms with Crippen LogP contribution in [0.2, 0.25) is 0 Å². The number of carboxylic acids is 1. The van der Waals surface area contributed by atoms with E-state index in [1.807, 2.05) is 4.72 Å². The van der Waals surface area contributed by atoms with Crippen LogP contribution in [-0.2, 0) is 14.8 Å². The molecule has 21 heavy (non-hydrogen) atoms. The van der Waals surface area contributed by atoms with Crippen LogP contribution in [0.5, 0.6) is 0 Å². The number of aliphatic carboxylic acids is 1. The second-order valence-electron chi connectivity index (χ2n) is 4.34. The van der Waals surface area contributed by atoms with Crippen molar-refractivity contribution in [3.05, 3.63) is 35.9 Å². The lowest BCUT2D eigenvalue weighted by molar-refractivity contribution is -0.139. The predicted octanol–water partition coefficient (Wildman–Crippen LogP) is 2.07. The third-order valence-corrected chi connectivity index (χ3v) is 3.97. The topological polar surface area (TPSA) is 83.5 Å². The fraction of sp³-hybridized carbons (Fsp3) is 0.417. The number of nitrogens with one attached hydrogen (secondary N) is 1. The Morgan fingerprint density at radius 3 is 2.29 bits per heavy atom. The molecule has 0 fully saturated rings. The third kappa shape index (κ3) is 6.58. The van der Waals surface area contributed by atoms with Crippen molar-refractivity contribution in [1.82, 2.24) is 4.72 Å². The highest BCUT2D eigenvalue weighted by molar-refractivity contribution is 7.89. The molecule has 118 valence electrons. The maximum absolute atomic E-state index is 12.0. The number of carboxylic acid groups (broad SMARTS) is 1. The molecular formula is C12H14F3NO4S. The Bertz CT molecular complexity index is 572. The zero-order valence-electron chi connectivity index (χ0n) is 10.8. The molecule has 5 nitrogen and oxygen atoms in total. The van der Waals surface area contributed by atoms with Crippen molar-refractivity contribution >= 4 is 16.0 Å². The molecule has 0 bridgehead atoms. The van der Waals surface area contributed by atoms with Crippen LogP contribution in [0.3, 0.4) is 0 Å². The normalized spacial score (nSPS) is 13.9. The minimum atomic E-state index is -4.44. The summed E-state index contributed by atoms with van der Waals surface area (Å²) in [5.74, 6) is -2.22. The van der Waals surface area contributed by atoms with Crippen LogP contribution in [0, 0.1) is 0 Å². The van der Waals surface area contributed by atoms with E-state index in [0.29, 0.717) is 0 Å². The number of benzene rings is 1. The highest BCUT2D eigenvalue weighted by atomic mass is 32.2. The largest absolute Gasteiger partial charge is 0.480 e. The smallest absolute Gasteiger partial charge is 0.389 e. The van der Waals surface area contributed by atoms with Gasteiger partial charge in [-0.05, 0) is 12.0 Å². The summed E-state index contributed by atoms with van der Waals surface area (Å²) in [6, 6.07) is 5.99. The SMILES string of the molecule is O=C(O)[C@@H](NS(=O)(=O)CCCC(F)(F)F)c1ccccc1. The number of rotatable bonds is 7. The van der Waals surface area contributed by atoms with E-state index in [-0.39, 0.29) is 5.56 Å². The molecule has 0 heterocycles. The van der Waals surface area contributed by atoms with E-state index in [4.69, 9.17) is 5.11 Å². The van der Waals surface area contributed by atoms with Gasteiger partial charge in [-0.1, -0.05) is 30.3 Å². The lowest BCUT2D eigenvalue weighted by Crippen LogP contribution is -2.35. The average Bonchev–Trinajstić information content (AvgIpc) is 2.35. The van der Waals surface area contributed by atoms with Gasteiger partial charge in [0.15, 0.2) is 0 Å². The minimum Gasteiger partial charge on any atom is -0.480 e. The summed E-state index contributed by atoms with van der Waals surface area (Å²) >= 11 is 0. The van der Waals surface area contributed by atoms with E-state index in [1.165, 1.54) is 24.3 Å². The van der Waals surface area contributed by atoms with Gasteiger partial charge in [-0.2, -0.15) is 17.9 Å². The summed E-state index contributed by atoms with van der Waals surface area (Å²) in [7, 11) is -4.13. The molecule has 0 aliphatic heterocycles. The van der Waals surface area contributed by atoms with Crippen LogP contribution in [0.1, 0.15) is 24.4 Å². The first-order valence-electron chi connectivity index (χ1n) is 5.95. The van der Waals surface area contributed by atoms with Crippen molar-refractivity contribution in [2.45, 2.75) is 25.1 Å². The Kier molecular flexibility index (Phi) is 5.73. The molecule has 0 saturated heterocycles. The fourth-order valence-electron chi connectivity index (χ4n) is 1.61. The molecule has 0 radical (unpaired) electrons. The van der Waals surface area contributed by atoms with Gasteiger partial charge >= 0.3 is 12.1 Å². The summed E-state index contributed by atoms with van der Waals surface area (Å²) in [6.07, 6.45) is -6.31. The van der Waals surface area contributed by atoms with Crippen LogP contribution in [-0.4, -0.2) is 31.4 Å². The van der Waals surface area contributed by atoms with Crippen molar-refractivity contribution in [3.63, 3.8) is 0 Å². The number of hydrogen-bond acceptors (Lipinski definition) is 3. The van der Waals surface area contributed by atoms with Crippen LogP contribution in [0.25, 0.3) is 0 Å². The van der Waals surface area contributed by atoms with E-state index in [0.717, 1.165) is 0 Å². The molecule has 1 rings (SSSR count). The lowest BCUT2D eigenvalue weighted by atomic mass is 10.1. The first kappa shape index (κ1) is 17.4. The second kappa shape index (κ2) is 6.90. The van der Waals surface area contributed by atoms with Gasteiger partial charge in [0.05, 0.1) is 5.75 Å². The first-order valence-corrected chi connectivity index (χ1v) is 7.60. The number of halogens is 3. The fourth-order valence-corrected chi connectivity index (χ4v) is 2.85. The first-order chi connectivity index (χ1) is 9.61. The summed E-state index contributed by atoms with van der Waals surface area (Å²) in [4.78, 5) is 11.1. The van der Waals surface area contributed by atoms with Gasteiger partial charge in [0.2, 0.25) is 10.0 Å². The van der Waals surface area contributed by atoms with E-state index in [1.54, 1.807) is 6.07 Å². The molecule has 0 aliphatic carbocycles. The zero-order valence-corrected chi connectivity index (χ0v) is 11.6. The van der Waals surface area contributed by atoms with Crippen LogP contribution >= 0.6 is 0 Å². The molecule has 1 aromatic rings. The molecule has 0 aliphatic rings.